The van der Waals surface area contributed by atoms with Crippen LogP contribution in [0.25, 0.3) is 11.1 Å². The smallest absolute Gasteiger partial charge is 0.122 e. The first-order valence-corrected chi connectivity index (χ1v) is 10.7. The summed E-state index contributed by atoms with van der Waals surface area (Å²) in [5.41, 5.74) is 6.30. The molecule has 0 atom stereocenters. The Bertz CT molecular complexity index is 897. The van der Waals surface area contributed by atoms with Crippen molar-refractivity contribution in [2.75, 3.05) is 13.2 Å². The minimum Gasteiger partial charge on any atom is -0.490 e. The van der Waals surface area contributed by atoms with Gasteiger partial charge in [-0.25, -0.2) is 0 Å². The van der Waals surface area contributed by atoms with Crippen molar-refractivity contribution in [3.05, 3.63) is 83.4 Å². The number of rotatable bonds is 10. The number of hydrogen-bond donors (Lipinski definition) is 0. The van der Waals surface area contributed by atoms with Gasteiger partial charge in [0.05, 0.1) is 0 Å². The molecule has 0 heterocycles. The molecule has 0 aliphatic carbocycles. The average Bonchev–Trinajstić information content (AvgIpc) is 2.74. The Hall–Kier alpha value is -2.74. The molecule has 0 aliphatic heterocycles. The molecule has 2 nitrogen and oxygen atoms in total. The second-order valence-corrected chi connectivity index (χ2v) is 7.49. The standard InChI is InChI=1S/C27H32O2/c1-4-8-23-10-6-7-11-26(23)28-18-19-29-27-17-16-24(20-25(27)9-5-2)22-14-12-21(3)13-15-22/h6-7,10-17,20H,4-5,8-9,18-19H2,1-3H3. The SMILES string of the molecule is CCCc1ccccc1OCCOc1ccc(-c2ccc(C)cc2)cc1CCC. The van der Waals surface area contributed by atoms with Gasteiger partial charge < -0.3 is 9.47 Å². The third-order valence-corrected chi connectivity index (χ3v) is 5.06. The van der Waals surface area contributed by atoms with E-state index in [2.05, 4.69) is 75.4 Å². The van der Waals surface area contributed by atoms with Crippen molar-refractivity contribution in [3.63, 3.8) is 0 Å². The third-order valence-electron chi connectivity index (χ3n) is 5.06. The molecule has 0 fully saturated rings. The van der Waals surface area contributed by atoms with Gasteiger partial charge in [0, 0.05) is 0 Å². The van der Waals surface area contributed by atoms with Gasteiger partial charge in [0.15, 0.2) is 0 Å². The van der Waals surface area contributed by atoms with Crippen LogP contribution in [-0.4, -0.2) is 13.2 Å². The van der Waals surface area contributed by atoms with Gasteiger partial charge in [0.25, 0.3) is 0 Å². The van der Waals surface area contributed by atoms with Crippen molar-refractivity contribution in [2.24, 2.45) is 0 Å². The molecule has 0 aromatic heterocycles. The fraction of sp³-hybridized carbons (Fsp3) is 0.333. The highest BCUT2D eigenvalue weighted by Crippen LogP contribution is 2.28. The number of benzene rings is 3. The Morgan fingerprint density at radius 3 is 1.90 bits per heavy atom. The summed E-state index contributed by atoms with van der Waals surface area (Å²) in [6.07, 6.45) is 4.26. The van der Waals surface area contributed by atoms with Gasteiger partial charge in [-0.2, -0.15) is 0 Å². The number of hydrogen-bond acceptors (Lipinski definition) is 2. The van der Waals surface area contributed by atoms with E-state index in [-0.39, 0.29) is 0 Å². The van der Waals surface area contributed by atoms with Crippen LogP contribution in [-0.2, 0) is 12.8 Å². The van der Waals surface area contributed by atoms with E-state index in [1.807, 2.05) is 12.1 Å². The highest BCUT2D eigenvalue weighted by atomic mass is 16.5. The Labute approximate surface area is 175 Å². The summed E-state index contributed by atoms with van der Waals surface area (Å²) in [5.74, 6) is 1.94. The lowest BCUT2D eigenvalue weighted by molar-refractivity contribution is 0.214. The second kappa shape index (κ2) is 10.7. The van der Waals surface area contributed by atoms with Gasteiger partial charge in [0.2, 0.25) is 0 Å². The van der Waals surface area contributed by atoms with Crippen LogP contribution in [0.4, 0.5) is 0 Å². The zero-order chi connectivity index (χ0) is 20.5. The number of para-hydroxylation sites is 1. The topological polar surface area (TPSA) is 18.5 Å². The zero-order valence-corrected chi connectivity index (χ0v) is 17.9. The maximum atomic E-state index is 6.10. The van der Waals surface area contributed by atoms with Crippen LogP contribution in [0.1, 0.15) is 43.4 Å². The van der Waals surface area contributed by atoms with Crippen molar-refractivity contribution in [1.29, 1.82) is 0 Å². The van der Waals surface area contributed by atoms with E-state index in [0.29, 0.717) is 13.2 Å². The Morgan fingerprint density at radius 1 is 0.621 bits per heavy atom. The van der Waals surface area contributed by atoms with Gasteiger partial charge in [0.1, 0.15) is 24.7 Å². The molecule has 0 amide bonds. The first-order chi connectivity index (χ1) is 14.2. The monoisotopic (exact) mass is 388 g/mol. The quantitative estimate of drug-likeness (QED) is 0.347. The summed E-state index contributed by atoms with van der Waals surface area (Å²) >= 11 is 0. The van der Waals surface area contributed by atoms with E-state index >= 15 is 0 Å². The summed E-state index contributed by atoms with van der Waals surface area (Å²) in [6.45, 7) is 7.60. The van der Waals surface area contributed by atoms with E-state index in [1.54, 1.807) is 0 Å². The predicted molar refractivity (Wildman–Crippen MR) is 122 cm³/mol. The normalized spacial score (nSPS) is 10.7. The summed E-state index contributed by atoms with van der Waals surface area (Å²) in [6, 6.07) is 23.5. The van der Waals surface area contributed by atoms with Crippen LogP contribution in [0.2, 0.25) is 0 Å². The van der Waals surface area contributed by atoms with Crippen molar-refractivity contribution >= 4 is 0 Å². The third kappa shape index (κ3) is 5.87. The molecule has 0 spiro atoms. The van der Waals surface area contributed by atoms with Gasteiger partial charge >= 0.3 is 0 Å². The van der Waals surface area contributed by atoms with Crippen LogP contribution in [0.15, 0.2) is 66.7 Å². The van der Waals surface area contributed by atoms with Crippen molar-refractivity contribution in [2.45, 2.75) is 46.5 Å². The Kier molecular flexibility index (Phi) is 7.75. The molecule has 3 aromatic carbocycles. The predicted octanol–water partition coefficient (Wildman–Crippen LogP) is 7.02. The van der Waals surface area contributed by atoms with E-state index < -0.39 is 0 Å². The zero-order valence-electron chi connectivity index (χ0n) is 17.9. The maximum Gasteiger partial charge on any atom is 0.122 e. The van der Waals surface area contributed by atoms with E-state index in [4.69, 9.17) is 9.47 Å². The number of ether oxygens (including phenoxy) is 2. The molecule has 3 rings (SSSR count). The van der Waals surface area contributed by atoms with Crippen molar-refractivity contribution in [1.82, 2.24) is 0 Å². The highest BCUT2D eigenvalue weighted by molar-refractivity contribution is 5.66. The molecule has 2 heteroatoms. The van der Waals surface area contributed by atoms with Gasteiger partial charge in [-0.3, -0.25) is 0 Å². The molecule has 29 heavy (non-hydrogen) atoms. The molecule has 0 aliphatic rings. The lowest BCUT2D eigenvalue weighted by Gasteiger charge is -2.15. The van der Waals surface area contributed by atoms with E-state index in [1.165, 1.54) is 27.8 Å². The maximum absolute atomic E-state index is 6.10. The van der Waals surface area contributed by atoms with Gasteiger partial charge in [-0.05, 0) is 60.2 Å². The lowest BCUT2D eigenvalue weighted by Crippen LogP contribution is -2.11. The summed E-state index contributed by atoms with van der Waals surface area (Å²) in [5, 5.41) is 0. The Morgan fingerprint density at radius 2 is 1.21 bits per heavy atom. The molecule has 0 saturated carbocycles. The fourth-order valence-electron chi connectivity index (χ4n) is 3.53. The molecular formula is C27H32O2. The fourth-order valence-corrected chi connectivity index (χ4v) is 3.53. The minimum absolute atomic E-state index is 0.543. The summed E-state index contributed by atoms with van der Waals surface area (Å²) in [4.78, 5) is 0. The first kappa shape index (κ1) is 21.0. The minimum atomic E-state index is 0.543. The van der Waals surface area contributed by atoms with Crippen LogP contribution < -0.4 is 9.47 Å². The molecule has 0 bridgehead atoms. The average molecular weight is 389 g/mol. The molecule has 0 unspecified atom stereocenters. The molecule has 3 aromatic rings. The van der Waals surface area contributed by atoms with Gasteiger partial charge in [-0.1, -0.05) is 80.8 Å². The molecule has 0 saturated heterocycles. The van der Waals surface area contributed by atoms with E-state index in [0.717, 1.165) is 37.2 Å². The highest BCUT2D eigenvalue weighted by Gasteiger charge is 2.07. The van der Waals surface area contributed by atoms with Crippen LogP contribution in [0.3, 0.4) is 0 Å². The van der Waals surface area contributed by atoms with E-state index in [9.17, 15) is 0 Å². The van der Waals surface area contributed by atoms with Crippen LogP contribution in [0.5, 0.6) is 11.5 Å². The van der Waals surface area contributed by atoms with Crippen molar-refractivity contribution in [3.8, 4) is 22.6 Å². The molecule has 0 radical (unpaired) electrons. The van der Waals surface area contributed by atoms with Gasteiger partial charge in [-0.15, -0.1) is 0 Å². The summed E-state index contributed by atoms with van der Waals surface area (Å²) in [7, 11) is 0. The molecule has 0 N–H and O–H groups in total. The van der Waals surface area contributed by atoms with Crippen LogP contribution >= 0.6 is 0 Å². The lowest BCUT2D eigenvalue weighted by atomic mass is 9.99. The first-order valence-electron chi connectivity index (χ1n) is 10.7. The second-order valence-electron chi connectivity index (χ2n) is 7.49. The number of aryl methyl sites for hydroxylation is 3. The van der Waals surface area contributed by atoms with Crippen LogP contribution in [0, 0.1) is 6.92 Å². The summed E-state index contributed by atoms with van der Waals surface area (Å²) < 4.78 is 12.1. The molecular weight excluding hydrogens is 356 g/mol. The Balaban J connectivity index is 1.63. The molecule has 152 valence electrons. The van der Waals surface area contributed by atoms with Crippen molar-refractivity contribution < 1.29 is 9.47 Å². The largest absolute Gasteiger partial charge is 0.490 e.